The minimum Gasteiger partial charge on any atom is -0.325 e. The van der Waals surface area contributed by atoms with Crippen LogP contribution in [0.1, 0.15) is 45.5 Å². The zero-order chi connectivity index (χ0) is 22.1. The number of anilines is 1. The molecule has 1 unspecified atom stereocenters. The maximum absolute atomic E-state index is 13.5. The lowest BCUT2D eigenvalue weighted by Gasteiger charge is -2.18. The van der Waals surface area contributed by atoms with Crippen molar-refractivity contribution in [2.24, 2.45) is 0 Å². The molecule has 0 fully saturated rings. The van der Waals surface area contributed by atoms with Gasteiger partial charge in [-0.25, -0.2) is 9.97 Å². The molecule has 4 nitrogen and oxygen atoms in total. The van der Waals surface area contributed by atoms with Crippen LogP contribution in [0.4, 0.5) is 5.69 Å². The van der Waals surface area contributed by atoms with Crippen molar-refractivity contribution in [3.05, 3.63) is 82.0 Å². The second-order valence-electron chi connectivity index (χ2n) is 8.23. The molecule has 1 aliphatic rings. The van der Waals surface area contributed by atoms with Crippen LogP contribution in [0.15, 0.2) is 59.6 Å². The number of aryl methyl sites for hydroxylation is 4. The van der Waals surface area contributed by atoms with Gasteiger partial charge in [0.15, 0.2) is 0 Å². The number of nitrogens with zero attached hydrogens (tertiary/aromatic N) is 2. The van der Waals surface area contributed by atoms with Crippen LogP contribution in [0.2, 0.25) is 0 Å². The van der Waals surface area contributed by atoms with Crippen molar-refractivity contribution in [3.63, 3.8) is 0 Å². The summed E-state index contributed by atoms with van der Waals surface area (Å²) in [6.07, 6.45) is 4.63. The van der Waals surface area contributed by atoms with E-state index < -0.39 is 5.25 Å². The number of carbonyl (C=O) groups excluding carboxylic acids is 1. The minimum absolute atomic E-state index is 0.0430. The number of amides is 1. The molecule has 0 radical (unpaired) electrons. The van der Waals surface area contributed by atoms with E-state index in [4.69, 9.17) is 9.97 Å². The molecule has 1 aliphatic carbocycles. The predicted octanol–water partition coefficient (Wildman–Crippen LogP) is 6.66. The first-order chi connectivity index (χ1) is 15.6. The minimum atomic E-state index is -0.408. The zero-order valence-electron chi connectivity index (χ0n) is 18.2. The summed E-state index contributed by atoms with van der Waals surface area (Å²) in [5, 5.41) is 4.77. The van der Waals surface area contributed by atoms with Gasteiger partial charge in [-0.3, -0.25) is 4.79 Å². The number of hydrogen-bond donors (Lipinski definition) is 1. The molecule has 5 rings (SSSR count). The highest BCUT2D eigenvalue weighted by molar-refractivity contribution is 8.00. The predicted molar refractivity (Wildman–Crippen MR) is 134 cm³/mol. The van der Waals surface area contributed by atoms with Crippen LogP contribution in [-0.2, 0) is 17.6 Å². The van der Waals surface area contributed by atoms with Crippen LogP contribution in [-0.4, -0.2) is 15.9 Å². The Morgan fingerprint density at radius 3 is 2.53 bits per heavy atom. The number of rotatable bonds is 5. The molecule has 32 heavy (non-hydrogen) atoms. The topological polar surface area (TPSA) is 54.9 Å². The molecule has 2 heterocycles. The SMILES string of the molecule is Cc1ccc(NC(=O)C(Sc2nc(C)nc3sc4c(c23)CCCC4)c2ccccc2)cc1. The standard InChI is InChI=1S/C26H25N3OS2/c1-16-12-14-19(15-13-16)29-24(30)23(18-8-4-3-5-9-18)32-26-22-20-10-6-7-11-21(20)31-25(22)27-17(2)28-26/h3-5,8-9,12-15,23H,6-7,10-11H2,1-2H3,(H,29,30). The molecule has 2 aromatic heterocycles. The summed E-state index contributed by atoms with van der Waals surface area (Å²) in [5.41, 5.74) is 4.33. The first-order valence-electron chi connectivity index (χ1n) is 11.0. The molecular formula is C26H25N3OS2. The summed E-state index contributed by atoms with van der Waals surface area (Å²) >= 11 is 3.34. The molecule has 1 N–H and O–H groups in total. The third-order valence-corrected chi connectivity index (χ3v) is 8.21. The highest BCUT2D eigenvalue weighted by atomic mass is 32.2. The molecular weight excluding hydrogens is 434 g/mol. The Morgan fingerprint density at radius 1 is 1.00 bits per heavy atom. The van der Waals surface area contributed by atoms with Gasteiger partial charge in [-0.2, -0.15) is 0 Å². The van der Waals surface area contributed by atoms with Gasteiger partial charge in [-0.05, 0) is 62.8 Å². The van der Waals surface area contributed by atoms with Gasteiger partial charge in [0.05, 0.1) is 0 Å². The first-order valence-corrected chi connectivity index (χ1v) is 12.7. The van der Waals surface area contributed by atoms with Gasteiger partial charge in [0.2, 0.25) is 5.91 Å². The first kappa shape index (κ1) is 21.2. The number of thiophene rings is 1. The monoisotopic (exact) mass is 459 g/mol. The van der Waals surface area contributed by atoms with Gasteiger partial charge in [0, 0.05) is 16.0 Å². The number of aromatic nitrogens is 2. The van der Waals surface area contributed by atoms with Gasteiger partial charge in [0.1, 0.15) is 20.9 Å². The lowest BCUT2D eigenvalue weighted by molar-refractivity contribution is -0.115. The van der Waals surface area contributed by atoms with Crippen molar-refractivity contribution in [3.8, 4) is 0 Å². The van der Waals surface area contributed by atoms with E-state index in [9.17, 15) is 4.79 Å². The third-order valence-electron chi connectivity index (χ3n) is 5.78. The number of benzene rings is 2. The summed E-state index contributed by atoms with van der Waals surface area (Å²) in [7, 11) is 0. The maximum Gasteiger partial charge on any atom is 0.242 e. The second kappa shape index (κ2) is 9.04. The Bertz CT molecular complexity index is 1270. The fraction of sp³-hybridized carbons (Fsp3) is 0.269. The second-order valence-corrected chi connectivity index (χ2v) is 10.4. The Kier molecular flexibility index (Phi) is 5.98. The average molecular weight is 460 g/mol. The van der Waals surface area contributed by atoms with E-state index in [1.807, 2.05) is 68.4 Å². The van der Waals surface area contributed by atoms with Crippen LogP contribution in [0.25, 0.3) is 10.2 Å². The molecule has 162 valence electrons. The molecule has 6 heteroatoms. The van der Waals surface area contributed by atoms with E-state index in [0.29, 0.717) is 0 Å². The molecule has 1 atom stereocenters. The lowest BCUT2D eigenvalue weighted by Crippen LogP contribution is -2.19. The summed E-state index contributed by atoms with van der Waals surface area (Å²) < 4.78 is 0. The molecule has 0 saturated carbocycles. The molecule has 0 saturated heterocycles. The summed E-state index contributed by atoms with van der Waals surface area (Å²) in [6, 6.07) is 17.9. The van der Waals surface area contributed by atoms with Gasteiger partial charge < -0.3 is 5.32 Å². The Hall–Kier alpha value is -2.70. The summed E-state index contributed by atoms with van der Waals surface area (Å²) in [6.45, 7) is 3.98. The average Bonchev–Trinajstić information content (AvgIpc) is 3.17. The number of carbonyl (C=O) groups is 1. The normalized spacial score (nSPS) is 14.2. The molecule has 0 spiro atoms. The Labute approximate surface area is 196 Å². The van der Waals surface area contributed by atoms with Crippen molar-refractivity contribution in [1.29, 1.82) is 0 Å². The molecule has 0 bridgehead atoms. The fourth-order valence-corrected chi connectivity index (χ4v) is 6.74. The van der Waals surface area contributed by atoms with Crippen molar-refractivity contribution in [1.82, 2.24) is 9.97 Å². The molecule has 0 aliphatic heterocycles. The van der Waals surface area contributed by atoms with E-state index in [1.165, 1.54) is 35.0 Å². The van der Waals surface area contributed by atoms with Crippen molar-refractivity contribution >= 4 is 44.9 Å². The highest BCUT2D eigenvalue weighted by Gasteiger charge is 2.27. The van der Waals surface area contributed by atoms with Crippen LogP contribution in [0.3, 0.4) is 0 Å². The van der Waals surface area contributed by atoms with E-state index in [0.717, 1.165) is 50.7 Å². The van der Waals surface area contributed by atoms with E-state index >= 15 is 0 Å². The Balaban J connectivity index is 1.54. The Morgan fingerprint density at radius 2 is 1.75 bits per heavy atom. The number of thioether (sulfide) groups is 1. The highest BCUT2D eigenvalue weighted by Crippen LogP contribution is 2.44. The largest absolute Gasteiger partial charge is 0.325 e. The third kappa shape index (κ3) is 4.30. The van der Waals surface area contributed by atoms with Gasteiger partial charge in [-0.1, -0.05) is 59.8 Å². The molecule has 2 aromatic carbocycles. The molecule has 4 aromatic rings. The summed E-state index contributed by atoms with van der Waals surface area (Å²) in [5.74, 6) is 0.711. The van der Waals surface area contributed by atoms with Gasteiger partial charge in [0.25, 0.3) is 0 Å². The number of hydrogen-bond acceptors (Lipinski definition) is 5. The van der Waals surface area contributed by atoms with Gasteiger partial charge >= 0.3 is 0 Å². The quantitative estimate of drug-likeness (QED) is 0.268. The number of nitrogens with one attached hydrogen (secondary N) is 1. The van der Waals surface area contributed by atoms with E-state index in [2.05, 4.69) is 5.32 Å². The molecule has 1 amide bonds. The van der Waals surface area contributed by atoms with Crippen molar-refractivity contribution in [2.75, 3.05) is 5.32 Å². The fourth-order valence-electron chi connectivity index (χ4n) is 4.17. The lowest BCUT2D eigenvalue weighted by atomic mass is 9.97. The maximum atomic E-state index is 13.5. The van der Waals surface area contributed by atoms with Gasteiger partial charge in [-0.15, -0.1) is 11.3 Å². The van der Waals surface area contributed by atoms with Crippen LogP contribution in [0.5, 0.6) is 0 Å². The zero-order valence-corrected chi connectivity index (χ0v) is 19.9. The number of fused-ring (bicyclic) bond motifs is 3. The van der Waals surface area contributed by atoms with E-state index in [1.54, 1.807) is 11.3 Å². The van der Waals surface area contributed by atoms with E-state index in [-0.39, 0.29) is 5.91 Å². The summed E-state index contributed by atoms with van der Waals surface area (Å²) in [4.78, 5) is 25.5. The van der Waals surface area contributed by atoms with Crippen molar-refractivity contribution < 1.29 is 4.79 Å². The van der Waals surface area contributed by atoms with Crippen LogP contribution >= 0.6 is 23.1 Å². The smallest absolute Gasteiger partial charge is 0.242 e. The van der Waals surface area contributed by atoms with Crippen LogP contribution in [0, 0.1) is 13.8 Å². The van der Waals surface area contributed by atoms with Crippen LogP contribution < -0.4 is 5.32 Å². The van der Waals surface area contributed by atoms with Crippen molar-refractivity contribution in [2.45, 2.75) is 49.8 Å².